The molecule has 0 radical (unpaired) electrons. The van der Waals surface area contributed by atoms with Crippen LogP contribution in [0.4, 0.5) is 8.78 Å². The average molecular weight is 487 g/mol. The number of hydrogen-bond acceptors (Lipinski definition) is 5. The van der Waals surface area contributed by atoms with Gasteiger partial charge in [-0.1, -0.05) is 37.6 Å². The number of hydrogen-bond donors (Lipinski definition) is 1. The van der Waals surface area contributed by atoms with E-state index in [2.05, 4.69) is 11.8 Å². The second-order valence-corrected chi connectivity index (χ2v) is 10.1. The van der Waals surface area contributed by atoms with Crippen LogP contribution in [0.3, 0.4) is 0 Å². The first kappa shape index (κ1) is 25.7. The summed E-state index contributed by atoms with van der Waals surface area (Å²) in [6.45, 7) is 7.71. The number of Topliss-reactive ketones (excluding diaryl/α,β-unsaturated/α-hetero) is 1. The summed E-state index contributed by atoms with van der Waals surface area (Å²) in [6.07, 6.45) is 1.78. The number of nitrogens with zero attached hydrogens (tertiary/aromatic N) is 2. The van der Waals surface area contributed by atoms with Crippen LogP contribution in [0.5, 0.6) is 5.75 Å². The molecule has 2 aromatic carbocycles. The Balaban J connectivity index is 1.54. The minimum absolute atomic E-state index is 0.0174. The van der Waals surface area contributed by atoms with E-state index >= 15 is 0 Å². The smallest absolute Gasteiger partial charge is 0.283 e. The molecule has 2 heterocycles. The van der Waals surface area contributed by atoms with Crippen molar-refractivity contribution in [2.45, 2.75) is 51.6 Å². The highest BCUT2D eigenvalue weighted by Crippen LogP contribution is 2.40. The fraction of sp³-hybridized carbons (Fsp3) is 0.536. The maximum atomic E-state index is 14.3. The van der Waals surface area contributed by atoms with Gasteiger partial charge in [0.1, 0.15) is 19.0 Å². The van der Waals surface area contributed by atoms with Crippen molar-refractivity contribution in [1.82, 2.24) is 9.80 Å². The standard InChI is InChI=1S/C28H36F2N2O3/c1-4-21-15-31(16-21)11-12-35-25-8-5-22(6-9-25)27-26-10-7-23(20(3)34)14-24(26)13-19(2)32(27)17-28(29,30)18-33/h5-10,14,19,21,27,33H,4,11-13,15-18H2,1-3H3/t19-,27-/m0/s1. The molecule has 1 fully saturated rings. The van der Waals surface area contributed by atoms with E-state index in [0.717, 1.165) is 48.0 Å². The van der Waals surface area contributed by atoms with Gasteiger partial charge in [0, 0.05) is 31.2 Å². The lowest BCUT2D eigenvalue weighted by atomic mass is 9.83. The highest BCUT2D eigenvalue weighted by Gasteiger charge is 2.40. The number of ketones is 1. The molecular formula is C28H36F2N2O3. The van der Waals surface area contributed by atoms with Crippen LogP contribution in [0.15, 0.2) is 42.5 Å². The monoisotopic (exact) mass is 486 g/mol. The number of carbonyl (C=O) groups excluding carboxylic acids is 1. The quantitative estimate of drug-likeness (QED) is 0.499. The number of aliphatic hydroxyl groups is 1. The third-order valence-electron chi connectivity index (χ3n) is 7.38. The summed E-state index contributed by atoms with van der Waals surface area (Å²) in [5.41, 5.74) is 3.42. The Bertz CT molecular complexity index is 1020. The third-order valence-corrected chi connectivity index (χ3v) is 7.38. The van der Waals surface area contributed by atoms with Gasteiger partial charge in [-0.15, -0.1) is 0 Å². The Morgan fingerprint density at radius 1 is 1.17 bits per heavy atom. The van der Waals surface area contributed by atoms with Crippen molar-refractivity contribution in [3.05, 3.63) is 64.7 Å². The van der Waals surface area contributed by atoms with Crippen molar-refractivity contribution >= 4 is 5.78 Å². The second kappa shape index (κ2) is 10.7. The molecule has 0 aliphatic carbocycles. The van der Waals surface area contributed by atoms with E-state index in [1.807, 2.05) is 43.3 Å². The zero-order valence-corrected chi connectivity index (χ0v) is 20.8. The summed E-state index contributed by atoms with van der Waals surface area (Å²) in [7, 11) is 0. The molecule has 5 nitrogen and oxygen atoms in total. The Morgan fingerprint density at radius 2 is 1.89 bits per heavy atom. The zero-order chi connectivity index (χ0) is 25.2. The summed E-state index contributed by atoms with van der Waals surface area (Å²) in [4.78, 5) is 16.1. The molecule has 1 N–H and O–H groups in total. The molecule has 0 bridgehead atoms. The Morgan fingerprint density at radius 3 is 2.51 bits per heavy atom. The molecule has 0 spiro atoms. The topological polar surface area (TPSA) is 53.0 Å². The van der Waals surface area contributed by atoms with Crippen LogP contribution >= 0.6 is 0 Å². The van der Waals surface area contributed by atoms with Crippen LogP contribution in [0.25, 0.3) is 0 Å². The molecule has 190 valence electrons. The molecular weight excluding hydrogens is 450 g/mol. The van der Waals surface area contributed by atoms with E-state index in [0.29, 0.717) is 18.6 Å². The molecule has 4 rings (SSSR count). The van der Waals surface area contributed by atoms with Crippen molar-refractivity contribution in [2.24, 2.45) is 5.92 Å². The summed E-state index contributed by atoms with van der Waals surface area (Å²) in [5.74, 6) is -1.66. The van der Waals surface area contributed by atoms with Gasteiger partial charge in [-0.2, -0.15) is 0 Å². The SMILES string of the molecule is CCC1CN(CCOc2ccc([C@H]3c4ccc(C(C)=O)cc4C[C@H](C)N3CC(F)(F)CO)cc2)C1. The minimum atomic E-state index is -3.21. The Labute approximate surface area is 206 Å². The molecule has 0 aromatic heterocycles. The molecule has 2 aliphatic heterocycles. The lowest BCUT2D eigenvalue weighted by Gasteiger charge is -2.43. The molecule has 2 atom stereocenters. The van der Waals surface area contributed by atoms with E-state index in [4.69, 9.17) is 4.74 Å². The number of benzene rings is 2. The van der Waals surface area contributed by atoms with Crippen LogP contribution in [0, 0.1) is 5.92 Å². The summed E-state index contributed by atoms with van der Waals surface area (Å²) in [6, 6.07) is 12.6. The predicted molar refractivity (Wildman–Crippen MR) is 132 cm³/mol. The van der Waals surface area contributed by atoms with Gasteiger partial charge in [0.25, 0.3) is 5.92 Å². The Kier molecular flexibility index (Phi) is 7.89. The number of carbonyl (C=O) groups is 1. The van der Waals surface area contributed by atoms with Gasteiger partial charge in [0.15, 0.2) is 5.78 Å². The fourth-order valence-corrected chi connectivity index (χ4v) is 5.23. The zero-order valence-electron chi connectivity index (χ0n) is 20.8. The first-order valence-corrected chi connectivity index (χ1v) is 12.5. The van der Waals surface area contributed by atoms with Crippen molar-refractivity contribution in [2.75, 3.05) is 39.4 Å². The molecule has 0 saturated carbocycles. The maximum absolute atomic E-state index is 14.3. The van der Waals surface area contributed by atoms with Crippen LogP contribution in [-0.4, -0.2) is 72.0 Å². The van der Waals surface area contributed by atoms with E-state index in [1.165, 1.54) is 13.3 Å². The van der Waals surface area contributed by atoms with Gasteiger partial charge < -0.3 is 9.84 Å². The highest BCUT2D eigenvalue weighted by atomic mass is 19.3. The predicted octanol–water partition coefficient (Wildman–Crippen LogP) is 4.57. The summed E-state index contributed by atoms with van der Waals surface area (Å²) < 4.78 is 34.6. The van der Waals surface area contributed by atoms with Crippen LogP contribution < -0.4 is 4.74 Å². The van der Waals surface area contributed by atoms with Gasteiger partial charge in [-0.25, -0.2) is 8.78 Å². The highest BCUT2D eigenvalue weighted by molar-refractivity contribution is 5.94. The van der Waals surface area contributed by atoms with Gasteiger partial charge in [-0.3, -0.25) is 14.6 Å². The summed E-state index contributed by atoms with van der Waals surface area (Å²) >= 11 is 0. The first-order chi connectivity index (χ1) is 16.7. The van der Waals surface area contributed by atoms with Crippen LogP contribution in [-0.2, 0) is 6.42 Å². The normalized spacial score (nSPS) is 21.4. The van der Waals surface area contributed by atoms with Crippen molar-refractivity contribution in [3.63, 3.8) is 0 Å². The number of fused-ring (bicyclic) bond motifs is 1. The van der Waals surface area contributed by atoms with E-state index in [1.54, 1.807) is 11.0 Å². The van der Waals surface area contributed by atoms with Crippen molar-refractivity contribution < 1.29 is 23.4 Å². The van der Waals surface area contributed by atoms with Gasteiger partial charge in [0.05, 0.1) is 12.6 Å². The van der Waals surface area contributed by atoms with Crippen LogP contribution in [0.2, 0.25) is 0 Å². The summed E-state index contributed by atoms with van der Waals surface area (Å²) in [5, 5.41) is 9.23. The molecule has 35 heavy (non-hydrogen) atoms. The second-order valence-electron chi connectivity index (χ2n) is 10.1. The number of aliphatic hydroxyl groups excluding tert-OH is 1. The lowest BCUT2D eigenvalue weighted by molar-refractivity contribution is -0.0862. The largest absolute Gasteiger partial charge is 0.492 e. The van der Waals surface area contributed by atoms with Crippen molar-refractivity contribution in [1.29, 1.82) is 0 Å². The molecule has 0 unspecified atom stereocenters. The Hall–Kier alpha value is -2.35. The van der Waals surface area contributed by atoms with Crippen molar-refractivity contribution in [3.8, 4) is 5.75 Å². The number of ether oxygens (including phenoxy) is 1. The number of alkyl halides is 2. The van der Waals surface area contributed by atoms with E-state index in [9.17, 15) is 18.7 Å². The average Bonchev–Trinajstić information content (AvgIpc) is 2.81. The minimum Gasteiger partial charge on any atom is -0.492 e. The van der Waals surface area contributed by atoms with E-state index < -0.39 is 25.1 Å². The van der Waals surface area contributed by atoms with Gasteiger partial charge in [-0.05, 0) is 61.1 Å². The number of halogens is 2. The fourth-order valence-electron chi connectivity index (χ4n) is 5.23. The molecule has 2 aromatic rings. The molecule has 0 amide bonds. The van der Waals surface area contributed by atoms with E-state index in [-0.39, 0.29) is 11.8 Å². The third kappa shape index (κ3) is 5.90. The van der Waals surface area contributed by atoms with Crippen LogP contribution in [0.1, 0.15) is 60.3 Å². The van der Waals surface area contributed by atoms with Gasteiger partial charge in [0.2, 0.25) is 0 Å². The maximum Gasteiger partial charge on any atom is 0.283 e. The molecule has 1 saturated heterocycles. The molecule has 2 aliphatic rings. The first-order valence-electron chi connectivity index (χ1n) is 12.5. The number of rotatable bonds is 10. The number of likely N-dealkylation sites (tertiary alicyclic amines) is 1. The molecule has 7 heteroatoms. The lowest BCUT2D eigenvalue weighted by Crippen LogP contribution is -2.49. The van der Waals surface area contributed by atoms with Gasteiger partial charge >= 0.3 is 0 Å².